The average Bonchev–Trinajstić information content (AvgIpc) is 2.48. The highest BCUT2D eigenvalue weighted by Crippen LogP contribution is 2.21. The van der Waals surface area contributed by atoms with Crippen molar-refractivity contribution >= 4 is 10.2 Å². The lowest BCUT2D eigenvalue weighted by atomic mass is 10.00. The molecule has 1 heterocycles. The highest BCUT2D eigenvalue weighted by atomic mass is 32.2. The molecule has 0 aromatic carbocycles. The molecule has 126 valence electrons. The maximum Gasteiger partial charge on any atom is 0.281 e. The van der Waals surface area contributed by atoms with E-state index in [0.29, 0.717) is 32.1 Å². The van der Waals surface area contributed by atoms with Crippen LogP contribution in [0, 0.1) is 5.92 Å². The van der Waals surface area contributed by atoms with Gasteiger partial charge in [-0.25, -0.2) is 0 Å². The van der Waals surface area contributed by atoms with Crippen LogP contribution in [0.2, 0.25) is 0 Å². The van der Waals surface area contributed by atoms with Gasteiger partial charge in [-0.05, 0) is 44.7 Å². The Morgan fingerprint density at radius 1 is 1.24 bits per heavy atom. The minimum absolute atomic E-state index is 0.449. The first kappa shape index (κ1) is 18.9. The van der Waals surface area contributed by atoms with E-state index in [4.69, 9.17) is 0 Å². The van der Waals surface area contributed by atoms with E-state index in [-0.39, 0.29) is 0 Å². The summed E-state index contributed by atoms with van der Waals surface area (Å²) in [4.78, 5) is 0. The van der Waals surface area contributed by atoms with Gasteiger partial charge in [0.05, 0.1) is 0 Å². The van der Waals surface area contributed by atoms with E-state index >= 15 is 0 Å². The second-order valence-electron chi connectivity index (χ2n) is 5.92. The molecule has 1 saturated heterocycles. The Labute approximate surface area is 131 Å². The molecule has 0 spiro atoms. The molecule has 6 heteroatoms. The third-order valence-electron chi connectivity index (χ3n) is 4.11. The predicted molar refractivity (Wildman–Crippen MR) is 88.5 cm³/mol. The van der Waals surface area contributed by atoms with Crippen LogP contribution in [0.4, 0.5) is 0 Å². The van der Waals surface area contributed by atoms with E-state index in [9.17, 15) is 8.42 Å². The number of unbranched alkanes of at least 4 members (excludes halogenated alkanes) is 1. The fourth-order valence-electron chi connectivity index (χ4n) is 2.82. The Kier molecular flexibility index (Phi) is 8.78. The topological polar surface area (TPSA) is 52.7 Å². The van der Waals surface area contributed by atoms with Crippen LogP contribution in [0.5, 0.6) is 0 Å². The average molecular weight is 320 g/mol. The summed E-state index contributed by atoms with van der Waals surface area (Å²) in [6, 6.07) is 0. The predicted octanol–water partition coefficient (Wildman–Crippen LogP) is 2.06. The van der Waals surface area contributed by atoms with Gasteiger partial charge in [-0.3, -0.25) is 0 Å². The van der Waals surface area contributed by atoms with Crippen LogP contribution < -0.4 is 5.32 Å². The molecule has 1 rings (SSSR count). The van der Waals surface area contributed by atoms with Crippen molar-refractivity contribution in [3.8, 4) is 0 Å². The maximum absolute atomic E-state index is 12.7. The summed E-state index contributed by atoms with van der Waals surface area (Å²) in [5, 5.41) is 3.42. The van der Waals surface area contributed by atoms with Crippen molar-refractivity contribution < 1.29 is 8.42 Å². The molecule has 0 aliphatic carbocycles. The Morgan fingerprint density at radius 3 is 2.62 bits per heavy atom. The second-order valence-corrected chi connectivity index (χ2v) is 7.85. The first-order valence-corrected chi connectivity index (χ1v) is 9.91. The lowest BCUT2D eigenvalue weighted by Gasteiger charge is -2.35. The molecule has 0 amide bonds. The van der Waals surface area contributed by atoms with Crippen molar-refractivity contribution in [1.29, 1.82) is 0 Å². The van der Waals surface area contributed by atoms with Crippen molar-refractivity contribution in [3.05, 3.63) is 0 Å². The molecule has 0 aromatic heterocycles. The monoisotopic (exact) mass is 319 g/mol. The van der Waals surface area contributed by atoms with E-state index < -0.39 is 10.2 Å². The van der Waals surface area contributed by atoms with Crippen LogP contribution in [-0.2, 0) is 10.2 Å². The Morgan fingerprint density at radius 2 is 2.00 bits per heavy atom. The van der Waals surface area contributed by atoms with Crippen molar-refractivity contribution in [3.63, 3.8) is 0 Å². The van der Waals surface area contributed by atoms with Crippen LogP contribution in [0.15, 0.2) is 0 Å². The highest BCUT2D eigenvalue weighted by Gasteiger charge is 2.32. The number of piperidine rings is 1. The molecule has 0 aromatic rings. The van der Waals surface area contributed by atoms with Gasteiger partial charge in [-0.15, -0.1) is 0 Å². The fourth-order valence-corrected chi connectivity index (χ4v) is 4.59. The van der Waals surface area contributed by atoms with Gasteiger partial charge in [0, 0.05) is 26.2 Å². The molecule has 1 unspecified atom stereocenters. The zero-order chi connectivity index (χ0) is 15.7. The number of rotatable bonds is 10. The molecule has 21 heavy (non-hydrogen) atoms. The van der Waals surface area contributed by atoms with Crippen molar-refractivity contribution in [2.75, 3.05) is 39.3 Å². The minimum Gasteiger partial charge on any atom is -0.316 e. The Balaban J connectivity index is 2.59. The normalized spacial score (nSPS) is 21.0. The maximum atomic E-state index is 12.7. The molecule has 1 atom stereocenters. The van der Waals surface area contributed by atoms with Crippen LogP contribution in [0.3, 0.4) is 0 Å². The van der Waals surface area contributed by atoms with E-state index in [2.05, 4.69) is 19.2 Å². The zero-order valence-electron chi connectivity index (χ0n) is 14.0. The van der Waals surface area contributed by atoms with Crippen LogP contribution in [0.1, 0.15) is 52.9 Å². The molecule has 0 radical (unpaired) electrons. The number of nitrogens with one attached hydrogen (secondary N) is 1. The smallest absolute Gasteiger partial charge is 0.281 e. The van der Waals surface area contributed by atoms with Gasteiger partial charge in [-0.2, -0.15) is 17.0 Å². The minimum atomic E-state index is -3.27. The largest absolute Gasteiger partial charge is 0.316 e. The second kappa shape index (κ2) is 9.77. The molecule has 0 bridgehead atoms. The SMILES string of the molecule is CCCCN(CC)S(=O)(=O)N1CCCC(CNCCC)C1. The lowest BCUT2D eigenvalue weighted by Crippen LogP contribution is -2.49. The number of nitrogens with zero attached hydrogens (tertiary/aromatic N) is 2. The summed E-state index contributed by atoms with van der Waals surface area (Å²) in [6.45, 7) is 10.7. The van der Waals surface area contributed by atoms with Crippen LogP contribution in [-0.4, -0.2) is 56.3 Å². The summed E-state index contributed by atoms with van der Waals surface area (Å²) in [5.74, 6) is 0.449. The van der Waals surface area contributed by atoms with E-state index in [1.165, 1.54) is 0 Å². The third kappa shape index (κ3) is 5.85. The van der Waals surface area contributed by atoms with E-state index in [0.717, 1.165) is 45.2 Å². The third-order valence-corrected chi connectivity index (χ3v) is 6.19. The van der Waals surface area contributed by atoms with E-state index in [1.807, 2.05) is 6.92 Å². The van der Waals surface area contributed by atoms with Gasteiger partial charge in [0.15, 0.2) is 0 Å². The molecule has 1 N–H and O–H groups in total. The number of hydrogen-bond donors (Lipinski definition) is 1. The summed E-state index contributed by atoms with van der Waals surface area (Å²) in [6.07, 6.45) is 5.18. The zero-order valence-corrected chi connectivity index (χ0v) is 14.8. The number of hydrogen-bond acceptors (Lipinski definition) is 3. The fraction of sp³-hybridized carbons (Fsp3) is 1.00. The first-order chi connectivity index (χ1) is 10.1. The van der Waals surface area contributed by atoms with Gasteiger partial charge >= 0.3 is 0 Å². The lowest BCUT2D eigenvalue weighted by molar-refractivity contribution is 0.242. The van der Waals surface area contributed by atoms with E-state index in [1.54, 1.807) is 8.61 Å². The van der Waals surface area contributed by atoms with Crippen LogP contribution in [0.25, 0.3) is 0 Å². The van der Waals surface area contributed by atoms with Gasteiger partial charge < -0.3 is 5.32 Å². The van der Waals surface area contributed by atoms with Crippen molar-refractivity contribution in [2.24, 2.45) is 5.92 Å². The van der Waals surface area contributed by atoms with Gasteiger partial charge in [0.1, 0.15) is 0 Å². The highest BCUT2D eigenvalue weighted by molar-refractivity contribution is 7.86. The molecule has 1 aliphatic heterocycles. The van der Waals surface area contributed by atoms with Crippen molar-refractivity contribution in [2.45, 2.75) is 52.9 Å². The van der Waals surface area contributed by atoms with Crippen LogP contribution >= 0.6 is 0 Å². The summed E-state index contributed by atoms with van der Waals surface area (Å²) in [7, 11) is -3.27. The molecular formula is C15H33N3O2S. The molecule has 0 saturated carbocycles. The standard InChI is InChI=1S/C15H33N3O2S/c1-4-7-11-17(6-3)21(19,20)18-12-8-9-15(14-18)13-16-10-5-2/h15-16H,4-14H2,1-3H3. The van der Waals surface area contributed by atoms with Gasteiger partial charge in [0.2, 0.25) is 0 Å². The van der Waals surface area contributed by atoms with Crippen molar-refractivity contribution in [1.82, 2.24) is 13.9 Å². The summed E-state index contributed by atoms with van der Waals surface area (Å²) < 4.78 is 28.8. The molecule has 5 nitrogen and oxygen atoms in total. The Hall–Kier alpha value is -0.170. The quantitative estimate of drug-likeness (QED) is 0.627. The molecular weight excluding hydrogens is 286 g/mol. The summed E-state index contributed by atoms with van der Waals surface area (Å²) in [5.41, 5.74) is 0. The molecule has 1 fully saturated rings. The Bertz CT molecular complexity index is 373. The van der Waals surface area contributed by atoms with Gasteiger partial charge in [-0.1, -0.05) is 27.2 Å². The first-order valence-electron chi connectivity index (χ1n) is 8.52. The molecule has 1 aliphatic rings. The van der Waals surface area contributed by atoms with Gasteiger partial charge in [0.25, 0.3) is 10.2 Å². The summed E-state index contributed by atoms with van der Waals surface area (Å²) >= 11 is 0.